The minimum atomic E-state index is -3.43. The average molecular weight is 249 g/mol. The Kier molecular flexibility index (Phi) is 3.36. The second-order valence-corrected chi connectivity index (χ2v) is 7.38. The average Bonchev–Trinajstić information content (AvgIpc) is 2.12. The first kappa shape index (κ1) is 13.4. The number of carbonyl (C=O) groups is 1. The maximum atomic E-state index is 12.0. The van der Waals surface area contributed by atoms with Crippen molar-refractivity contribution in [1.82, 2.24) is 4.90 Å². The number of hydrogen-bond acceptors (Lipinski definition) is 5. The zero-order chi connectivity index (χ0) is 12.7. The van der Waals surface area contributed by atoms with Gasteiger partial charge in [-0.25, -0.2) is 8.42 Å². The molecule has 1 aliphatic heterocycles. The lowest BCUT2D eigenvalue weighted by molar-refractivity contribution is -0.145. The van der Waals surface area contributed by atoms with Gasteiger partial charge in [0.2, 0.25) is 0 Å². The monoisotopic (exact) mass is 249 g/mol. The van der Waals surface area contributed by atoms with Gasteiger partial charge < -0.3 is 9.64 Å². The van der Waals surface area contributed by atoms with Gasteiger partial charge in [0, 0.05) is 0 Å². The minimum Gasteiger partial charge on any atom is -0.465 e. The summed E-state index contributed by atoms with van der Waals surface area (Å²) in [5.41, 5.74) is 0. The number of hydrogen-bond donors (Lipinski definition) is 0. The Balaban J connectivity index is 3.05. The van der Waals surface area contributed by atoms with E-state index in [4.69, 9.17) is 4.74 Å². The molecule has 0 bridgehead atoms. The molecule has 1 heterocycles. The van der Waals surface area contributed by atoms with Crippen molar-refractivity contribution in [2.24, 2.45) is 0 Å². The maximum Gasteiger partial charge on any atom is 0.326 e. The quantitative estimate of drug-likeness (QED) is 0.662. The van der Waals surface area contributed by atoms with Crippen LogP contribution in [0.15, 0.2) is 0 Å². The van der Waals surface area contributed by atoms with Crippen LogP contribution >= 0.6 is 0 Å². The molecule has 0 aromatic carbocycles. The van der Waals surface area contributed by atoms with Gasteiger partial charge in [-0.1, -0.05) is 0 Å². The van der Waals surface area contributed by atoms with Crippen molar-refractivity contribution in [1.29, 1.82) is 0 Å². The van der Waals surface area contributed by atoms with Gasteiger partial charge in [0.1, 0.15) is 0 Å². The predicted molar refractivity (Wildman–Crippen MR) is 60.9 cm³/mol. The van der Waals surface area contributed by atoms with Gasteiger partial charge in [0.15, 0.2) is 15.1 Å². The third kappa shape index (κ3) is 1.64. The summed E-state index contributed by atoms with van der Waals surface area (Å²) in [7, 11) is 0.110. The Morgan fingerprint density at radius 1 is 1.38 bits per heavy atom. The molecule has 1 rings (SSSR count). The molecule has 0 amide bonds. The van der Waals surface area contributed by atoms with Crippen molar-refractivity contribution < 1.29 is 17.9 Å². The third-order valence-electron chi connectivity index (χ3n) is 3.14. The zero-order valence-corrected chi connectivity index (χ0v) is 11.2. The molecule has 1 saturated heterocycles. The van der Waals surface area contributed by atoms with Gasteiger partial charge in [-0.2, -0.15) is 0 Å². The Morgan fingerprint density at radius 3 is 2.25 bits per heavy atom. The second kappa shape index (κ2) is 4.00. The number of ether oxygens (including phenoxy) is 1. The molecule has 0 aromatic rings. The van der Waals surface area contributed by atoms with Crippen molar-refractivity contribution in [3.63, 3.8) is 0 Å². The molecule has 5 nitrogen and oxygen atoms in total. The topological polar surface area (TPSA) is 63.7 Å². The Morgan fingerprint density at radius 2 is 1.88 bits per heavy atom. The van der Waals surface area contributed by atoms with Crippen LogP contribution in [0.4, 0.5) is 0 Å². The van der Waals surface area contributed by atoms with Crippen molar-refractivity contribution >= 4 is 15.8 Å². The number of carbonyl (C=O) groups excluding carboxylic acids is 1. The van der Waals surface area contributed by atoms with Gasteiger partial charge in [0.05, 0.1) is 17.4 Å². The van der Waals surface area contributed by atoms with Crippen LogP contribution < -0.4 is 0 Å². The smallest absolute Gasteiger partial charge is 0.326 e. The highest BCUT2D eigenvalue weighted by atomic mass is 32.2. The Labute approximate surface area is 96.7 Å². The molecule has 0 N–H and O–H groups in total. The van der Waals surface area contributed by atoms with Crippen LogP contribution in [0, 0.1) is 0 Å². The van der Waals surface area contributed by atoms with E-state index in [9.17, 15) is 13.2 Å². The maximum absolute atomic E-state index is 12.0. The minimum absolute atomic E-state index is 0.200. The standard InChI is InChI=1S/C10H19NO4S/c1-6-15-9(12)7-8(11(4)5)10(2,3)16(7,13)14/h7-8H,6H2,1-5H3. The van der Waals surface area contributed by atoms with E-state index in [1.165, 1.54) is 0 Å². The summed E-state index contributed by atoms with van der Waals surface area (Å²) in [5.74, 6) is -0.638. The zero-order valence-electron chi connectivity index (χ0n) is 10.4. The molecule has 0 radical (unpaired) electrons. The molecule has 0 spiro atoms. The van der Waals surface area contributed by atoms with Crippen LogP contribution in [-0.4, -0.2) is 56.0 Å². The number of sulfone groups is 1. The van der Waals surface area contributed by atoms with Gasteiger partial charge >= 0.3 is 5.97 Å². The Hall–Kier alpha value is -0.620. The van der Waals surface area contributed by atoms with Crippen molar-refractivity contribution in [2.45, 2.75) is 36.8 Å². The third-order valence-corrected chi connectivity index (χ3v) is 5.97. The summed E-state index contributed by atoms with van der Waals surface area (Å²) in [6, 6.07) is -0.323. The molecule has 16 heavy (non-hydrogen) atoms. The van der Waals surface area contributed by atoms with Crippen molar-refractivity contribution in [3.8, 4) is 0 Å². The Bertz CT molecular complexity index is 386. The SMILES string of the molecule is CCOC(=O)C1C(N(C)C)C(C)(C)S1(=O)=O. The van der Waals surface area contributed by atoms with E-state index in [0.717, 1.165) is 0 Å². The highest BCUT2D eigenvalue weighted by Crippen LogP contribution is 2.43. The van der Waals surface area contributed by atoms with E-state index >= 15 is 0 Å². The summed E-state index contributed by atoms with van der Waals surface area (Å²) in [6.45, 7) is 5.15. The summed E-state index contributed by atoms with van der Waals surface area (Å²) in [4.78, 5) is 13.4. The van der Waals surface area contributed by atoms with Crippen LogP contribution in [0.3, 0.4) is 0 Å². The van der Waals surface area contributed by atoms with Crippen LogP contribution in [0.1, 0.15) is 20.8 Å². The predicted octanol–water partition coefficient (Wildman–Crippen LogP) is 0.0553. The highest BCUT2D eigenvalue weighted by molar-refractivity contribution is 7.95. The molecule has 2 unspecified atom stereocenters. The van der Waals surface area contributed by atoms with Crippen LogP contribution in [0.25, 0.3) is 0 Å². The molecular weight excluding hydrogens is 230 g/mol. The molecule has 1 aliphatic rings. The number of nitrogens with zero attached hydrogens (tertiary/aromatic N) is 1. The van der Waals surface area contributed by atoms with Crippen molar-refractivity contribution in [3.05, 3.63) is 0 Å². The number of esters is 1. The first-order valence-corrected chi connectivity index (χ1v) is 6.79. The first-order valence-electron chi connectivity index (χ1n) is 5.24. The molecule has 6 heteroatoms. The fourth-order valence-corrected chi connectivity index (χ4v) is 4.69. The van der Waals surface area contributed by atoms with Crippen LogP contribution in [-0.2, 0) is 19.4 Å². The normalized spacial score (nSPS) is 30.9. The molecule has 0 aromatic heterocycles. The first-order chi connectivity index (χ1) is 7.17. The lowest BCUT2D eigenvalue weighted by Gasteiger charge is -2.51. The van der Waals surface area contributed by atoms with Gasteiger partial charge in [-0.3, -0.25) is 4.79 Å². The summed E-state index contributed by atoms with van der Waals surface area (Å²) in [5, 5.41) is -1.04. The largest absolute Gasteiger partial charge is 0.465 e. The molecule has 94 valence electrons. The van der Waals surface area contributed by atoms with E-state index in [0.29, 0.717) is 0 Å². The van der Waals surface area contributed by atoms with E-state index in [2.05, 4.69) is 0 Å². The van der Waals surface area contributed by atoms with Gasteiger partial charge in [-0.15, -0.1) is 0 Å². The van der Waals surface area contributed by atoms with E-state index in [1.807, 2.05) is 0 Å². The number of rotatable bonds is 3. The van der Waals surface area contributed by atoms with E-state index < -0.39 is 25.8 Å². The van der Waals surface area contributed by atoms with Crippen LogP contribution in [0.2, 0.25) is 0 Å². The van der Waals surface area contributed by atoms with Crippen molar-refractivity contribution in [2.75, 3.05) is 20.7 Å². The van der Waals surface area contributed by atoms with Gasteiger partial charge in [0.25, 0.3) is 0 Å². The van der Waals surface area contributed by atoms with Gasteiger partial charge in [-0.05, 0) is 34.9 Å². The lowest BCUT2D eigenvalue weighted by Crippen LogP contribution is -2.73. The summed E-state index contributed by atoms with van der Waals surface area (Å²) >= 11 is 0. The fraction of sp³-hybridized carbons (Fsp3) is 0.900. The summed E-state index contributed by atoms with van der Waals surface area (Å²) in [6.07, 6.45) is 0. The molecule has 0 saturated carbocycles. The molecule has 1 fully saturated rings. The fourth-order valence-electron chi connectivity index (χ4n) is 2.33. The molecular formula is C10H19NO4S. The van der Waals surface area contributed by atoms with E-state index in [1.54, 1.807) is 39.8 Å². The lowest BCUT2D eigenvalue weighted by atomic mass is 9.96. The van der Waals surface area contributed by atoms with Crippen LogP contribution in [0.5, 0.6) is 0 Å². The van der Waals surface area contributed by atoms with E-state index in [-0.39, 0.29) is 12.6 Å². The molecule has 2 atom stereocenters. The summed E-state index contributed by atoms with van der Waals surface area (Å²) < 4.78 is 27.9. The highest BCUT2D eigenvalue weighted by Gasteiger charge is 2.66. The molecule has 0 aliphatic carbocycles. The second-order valence-electron chi connectivity index (χ2n) is 4.73.